The molecule has 1 unspecified atom stereocenters. The second-order valence-electron chi connectivity index (χ2n) is 6.20. The molecule has 0 saturated carbocycles. The van der Waals surface area contributed by atoms with Gasteiger partial charge in [-0.1, -0.05) is 42.5 Å². The van der Waals surface area contributed by atoms with Crippen LogP contribution < -0.4 is 0 Å². The molecule has 2 aromatic carbocycles. The summed E-state index contributed by atoms with van der Waals surface area (Å²) < 4.78 is 2.18. The van der Waals surface area contributed by atoms with Crippen molar-refractivity contribution in [1.29, 1.82) is 0 Å². The number of non-ortho nitro benzene ring substituents is 1. The number of fused-ring (bicyclic) bond motifs is 3. The number of benzene rings is 2. The van der Waals surface area contributed by atoms with Gasteiger partial charge in [0, 0.05) is 29.3 Å². The minimum Gasteiger partial charge on any atom is -0.326 e. The Balaban J connectivity index is 1.92. The second kappa shape index (κ2) is 6.02. The molecule has 0 fully saturated rings. The lowest BCUT2D eigenvalue weighted by molar-refractivity contribution is -0.384. The van der Waals surface area contributed by atoms with Crippen LogP contribution in [0.4, 0.5) is 5.69 Å². The van der Waals surface area contributed by atoms with Gasteiger partial charge in [-0.15, -0.1) is 6.58 Å². The minimum absolute atomic E-state index is 0.0750. The third-order valence-corrected chi connectivity index (χ3v) is 4.68. The van der Waals surface area contributed by atoms with Crippen molar-refractivity contribution in [3.63, 3.8) is 0 Å². The van der Waals surface area contributed by atoms with Gasteiger partial charge in [-0.2, -0.15) is 0 Å². The maximum absolute atomic E-state index is 11.1. The van der Waals surface area contributed by atoms with Gasteiger partial charge in [0.25, 0.3) is 5.69 Å². The molecule has 0 bridgehead atoms. The van der Waals surface area contributed by atoms with Gasteiger partial charge in [0.2, 0.25) is 0 Å². The first-order valence-corrected chi connectivity index (χ1v) is 8.20. The van der Waals surface area contributed by atoms with E-state index in [0.29, 0.717) is 0 Å². The molecule has 1 aliphatic rings. The molecule has 3 aromatic rings. The fraction of sp³-hybridized carbons (Fsp3) is 0.150. The number of hydrogen-bond donors (Lipinski definition) is 0. The fourth-order valence-electron chi connectivity index (χ4n) is 3.55. The molecule has 0 N–H and O–H groups in total. The van der Waals surface area contributed by atoms with Crippen molar-refractivity contribution in [1.82, 2.24) is 9.55 Å². The maximum atomic E-state index is 11.1. The smallest absolute Gasteiger partial charge is 0.270 e. The normalized spacial score (nSPS) is 15.3. The Morgan fingerprint density at radius 2 is 2.12 bits per heavy atom. The number of imidazole rings is 1. The Labute approximate surface area is 145 Å². The van der Waals surface area contributed by atoms with Gasteiger partial charge in [0.05, 0.1) is 22.6 Å². The maximum Gasteiger partial charge on any atom is 0.270 e. The van der Waals surface area contributed by atoms with E-state index in [1.54, 1.807) is 12.1 Å². The summed E-state index contributed by atoms with van der Waals surface area (Å²) in [5.41, 5.74) is 5.05. The summed E-state index contributed by atoms with van der Waals surface area (Å²) in [5.74, 6) is 0. The zero-order chi connectivity index (χ0) is 17.4. The Morgan fingerprint density at radius 1 is 1.28 bits per heavy atom. The van der Waals surface area contributed by atoms with E-state index in [9.17, 15) is 10.1 Å². The Bertz CT molecular complexity index is 975. The topological polar surface area (TPSA) is 61.0 Å². The van der Waals surface area contributed by atoms with Crippen molar-refractivity contribution >= 4 is 5.69 Å². The summed E-state index contributed by atoms with van der Waals surface area (Å²) in [4.78, 5) is 15.3. The second-order valence-corrected chi connectivity index (χ2v) is 6.20. The standard InChI is InChI=1S/C20H17N3O2/c1-2-6-16-11-14-7-3-4-10-18(14)20-19(21-13-22(16)20)15-8-5-9-17(12-15)23(24)25/h2-5,7-10,12-13,16H,1,6,11H2. The first-order valence-electron chi connectivity index (χ1n) is 8.20. The molecule has 1 atom stereocenters. The Morgan fingerprint density at radius 3 is 2.92 bits per heavy atom. The molecule has 1 aromatic heterocycles. The van der Waals surface area contributed by atoms with E-state index < -0.39 is 0 Å². The van der Waals surface area contributed by atoms with Gasteiger partial charge in [0.15, 0.2) is 0 Å². The molecule has 0 radical (unpaired) electrons. The first-order chi connectivity index (χ1) is 12.2. The average molecular weight is 331 g/mol. The van der Waals surface area contributed by atoms with Crippen molar-refractivity contribution < 1.29 is 4.92 Å². The van der Waals surface area contributed by atoms with Crippen LogP contribution in [-0.4, -0.2) is 14.5 Å². The van der Waals surface area contributed by atoms with Gasteiger partial charge in [-0.05, 0) is 18.4 Å². The first kappa shape index (κ1) is 15.3. The zero-order valence-corrected chi connectivity index (χ0v) is 13.6. The minimum atomic E-state index is -0.375. The largest absolute Gasteiger partial charge is 0.326 e. The van der Waals surface area contributed by atoms with E-state index in [0.717, 1.165) is 35.4 Å². The molecule has 0 aliphatic carbocycles. The van der Waals surface area contributed by atoms with E-state index in [2.05, 4.69) is 28.3 Å². The van der Waals surface area contributed by atoms with Crippen LogP contribution in [0.3, 0.4) is 0 Å². The molecule has 2 heterocycles. The summed E-state index contributed by atoms with van der Waals surface area (Å²) in [7, 11) is 0. The van der Waals surface area contributed by atoms with E-state index in [4.69, 9.17) is 0 Å². The number of aromatic nitrogens is 2. The van der Waals surface area contributed by atoms with Gasteiger partial charge in [0.1, 0.15) is 0 Å². The molecule has 0 saturated heterocycles. The molecular formula is C20H17N3O2. The quantitative estimate of drug-likeness (QED) is 0.392. The summed E-state index contributed by atoms with van der Waals surface area (Å²) in [6, 6.07) is 15.2. The number of nitro benzene ring substituents is 1. The number of allylic oxidation sites excluding steroid dienone is 1. The lowest BCUT2D eigenvalue weighted by Crippen LogP contribution is -2.17. The molecule has 124 valence electrons. The summed E-state index contributed by atoms with van der Waals surface area (Å²) in [5, 5.41) is 11.1. The Hall–Kier alpha value is -3.21. The highest BCUT2D eigenvalue weighted by atomic mass is 16.6. The van der Waals surface area contributed by atoms with E-state index in [1.165, 1.54) is 11.6 Å². The highest BCUT2D eigenvalue weighted by molar-refractivity contribution is 5.82. The van der Waals surface area contributed by atoms with Crippen molar-refractivity contribution in [3.05, 3.63) is 83.2 Å². The molecule has 0 spiro atoms. The molecule has 1 aliphatic heterocycles. The predicted octanol–water partition coefficient (Wildman–Crippen LogP) is 4.80. The fourth-order valence-corrected chi connectivity index (χ4v) is 3.55. The molecule has 4 rings (SSSR count). The molecule has 0 amide bonds. The van der Waals surface area contributed by atoms with Crippen LogP contribution in [0, 0.1) is 10.1 Å². The number of rotatable bonds is 4. The van der Waals surface area contributed by atoms with Crippen LogP contribution in [0.1, 0.15) is 18.0 Å². The summed E-state index contributed by atoms with van der Waals surface area (Å²) in [6.07, 6.45) is 5.55. The molecule has 5 nitrogen and oxygen atoms in total. The number of nitrogens with zero attached hydrogens (tertiary/aromatic N) is 3. The SMILES string of the molecule is C=CCC1Cc2ccccc2-c2c(-c3cccc([N+](=O)[O-])c3)ncn21. The monoisotopic (exact) mass is 331 g/mol. The third kappa shape index (κ3) is 2.54. The van der Waals surface area contributed by atoms with Gasteiger partial charge >= 0.3 is 0 Å². The van der Waals surface area contributed by atoms with E-state index in [-0.39, 0.29) is 16.7 Å². The number of nitro groups is 1. The summed E-state index contributed by atoms with van der Waals surface area (Å²) >= 11 is 0. The van der Waals surface area contributed by atoms with Crippen molar-refractivity contribution in [3.8, 4) is 22.5 Å². The zero-order valence-electron chi connectivity index (χ0n) is 13.6. The van der Waals surface area contributed by atoms with Crippen LogP contribution in [-0.2, 0) is 6.42 Å². The van der Waals surface area contributed by atoms with Crippen LogP contribution >= 0.6 is 0 Å². The predicted molar refractivity (Wildman–Crippen MR) is 97.3 cm³/mol. The molecule has 25 heavy (non-hydrogen) atoms. The Kier molecular flexibility index (Phi) is 3.69. The van der Waals surface area contributed by atoms with Crippen molar-refractivity contribution in [2.75, 3.05) is 0 Å². The van der Waals surface area contributed by atoms with Crippen LogP contribution in [0.15, 0.2) is 67.5 Å². The van der Waals surface area contributed by atoms with Crippen molar-refractivity contribution in [2.24, 2.45) is 0 Å². The van der Waals surface area contributed by atoms with Crippen LogP contribution in [0.25, 0.3) is 22.5 Å². The van der Waals surface area contributed by atoms with Gasteiger partial charge in [-0.3, -0.25) is 10.1 Å². The highest BCUT2D eigenvalue weighted by Gasteiger charge is 2.27. The highest BCUT2D eigenvalue weighted by Crippen LogP contribution is 2.41. The average Bonchev–Trinajstić information content (AvgIpc) is 3.08. The third-order valence-electron chi connectivity index (χ3n) is 4.68. The van der Waals surface area contributed by atoms with Gasteiger partial charge < -0.3 is 4.57 Å². The summed E-state index contributed by atoms with van der Waals surface area (Å²) in [6.45, 7) is 3.87. The molecular weight excluding hydrogens is 314 g/mol. The lowest BCUT2D eigenvalue weighted by Gasteiger charge is -2.27. The van der Waals surface area contributed by atoms with Gasteiger partial charge in [-0.25, -0.2) is 4.98 Å². The lowest BCUT2D eigenvalue weighted by atomic mass is 9.90. The van der Waals surface area contributed by atoms with Crippen molar-refractivity contribution in [2.45, 2.75) is 18.9 Å². The molecule has 5 heteroatoms. The van der Waals surface area contributed by atoms with E-state index >= 15 is 0 Å². The van der Waals surface area contributed by atoms with E-state index in [1.807, 2.05) is 30.6 Å². The number of hydrogen-bond acceptors (Lipinski definition) is 3. The van der Waals surface area contributed by atoms with Crippen LogP contribution in [0.5, 0.6) is 0 Å². The van der Waals surface area contributed by atoms with Crippen LogP contribution in [0.2, 0.25) is 0 Å².